The monoisotopic (exact) mass is 670 g/mol. The lowest BCUT2D eigenvalue weighted by atomic mass is 9.98. The summed E-state index contributed by atoms with van der Waals surface area (Å²) in [5, 5.41) is 11.1. The second-order valence-corrected chi connectivity index (χ2v) is 13.1. The minimum absolute atomic E-state index is 0.00912. The van der Waals surface area contributed by atoms with Crippen LogP contribution >= 0.6 is 0 Å². The van der Waals surface area contributed by atoms with E-state index in [1.807, 2.05) is 105 Å². The van der Waals surface area contributed by atoms with Crippen molar-refractivity contribution in [3.8, 4) is 0 Å². The highest BCUT2D eigenvalue weighted by Crippen LogP contribution is 2.11. The lowest BCUT2D eigenvalue weighted by Crippen LogP contribution is -2.60. The van der Waals surface area contributed by atoms with E-state index in [-0.39, 0.29) is 37.5 Å². The third-order valence-electron chi connectivity index (χ3n) is 8.08. The van der Waals surface area contributed by atoms with E-state index in [9.17, 15) is 24.0 Å². The molecule has 3 aromatic rings. The van der Waals surface area contributed by atoms with E-state index < -0.39 is 59.7 Å². The molecule has 5 atom stereocenters. The summed E-state index contributed by atoms with van der Waals surface area (Å²) < 4.78 is 0. The van der Waals surface area contributed by atoms with E-state index in [0.29, 0.717) is 0 Å². The number of hydrogen-bond acceptors (Lipinski definition) is 6. The number of carbonyl (C=O) groups is 5. The summed E-state index contributed by atoms with van der Waals surface area (Å²) in [4.78, 5) is 66.6. The first kappa shape index (κ1) is 38.4. The SMILES string of the molecule is CC(C)C[C@@H](NC(=O)[C@@H](Cc1ccccc1)NC(=O)[C@@H](Cc1ccccc1)NC(=O)[C@H](N)Cc1ccccc1)C(=O)N[C@@H](C(N)=O)C(C)C. The Morgan fingerprint density at radius 3 is 1.29 bits per heavy atom. The largest absolute Gasteiger partial charge is 0.368 e. The molecular formula is C38H50N6O5. The zero-order valence-electron chi connectivity index (χ0n) is 28.7. The zero-order valence-corrected chi connectivity index (χ0v) is 28.7. The van der Waals surface area contributed by atoms with Gasteiger partial charge < -0.3 is 32.7 Å². The molecule has 3 rings (SSSR count). The van der Waals surface area contributed by atoms with Gasteiger partial charge in [0.15, 0.2) is 0 Å². The molecule has 0 unspecified atom stereocenters. The molecule has 11 nitrogen and oxygen atoms in total. The van der Waals surface area contributed by atoms with Gasteiger partial charge in [-0.3, -0.25) is 24.0 Å². The fourth-order valence-corrected chi connectivity index (χ4v) is 5.43. The first-order valence-electron chi connectivity index (χ1n) is 16.7. The van der Waals surface area contributed by atoms with Crippen LogP contribution in [0.25, 0.3) is 0 Å². The fourth-order valence-electron chi connectivity index (χ4n) is 5.43. The lowest BCUT2D eigenvalue weighted by Gasteiger charge is -2.28. The van der Waals surface area contributed by atoms with Gasteiger partial charge in [0, 0.05) is 12.8 Å². The minimum atomic E-state index is -1.11. The van der Waals surface area contributed by atoms with Gasteiger partial charge in [0.25, 0.3) is 0 Å². The standard InChI is InChI=1S/C38H50N6O5/c1-24(2)20-30(38(49)44-33(25(3)4)34(40)45)42-37(48)32(23-28-18-12-7-13-19-28)43-36(47)31(22-27-16-10-6-11-17-27)41-35(46)29(39)21-26-14-8-5-9-15-26/h5-19,24-25,29-33H,20-23,39H2,1-4H3,(H2,40,45)(H,41,46)(H,42,48)(H,43,47)(H,44,49)/t29-,30-,31-,32-,33-/m1/s1. The van der Waals surface area contributed by atoms with E-state index in [4.69, 9.17) is 11.5 Å². The molecule has 11 heteroatoms. The number of benzene rings is 3. The Labute approximate surface area is 289 Å². The smallest absolute Gasteiger partial charge is 0.243 e. The van der Waals surface area contributed by atoms with Gasteiger partial charge in [-0.1, -0.05) is 119 Å². The molecule has 0 spiro atoms. The summed E-state index contributed by atoms with van der Waals surface area (Å²) in [5.41, 5.74) is 14.2. The Kier molecular flexibility index (Phi) is 15.0. The molecule has 0 saturated carbocycles. The van der Waals surface area contributed by atoms with E-state index in [2.05, 4.69) is 21.3 Å². The maximum atomic E-state index is 14.0. The van der Waals surface area contributed by atoms with Gasteiger partial charge in [0.05, 0.1) is 6.04 Å². The van der Waals surface area contributed by atoms with Gasteiger partial charge in [0.1, 0.15) is 24.2 Å². The zero-order chi connectivity index (χ0) is 35.9. The highest BCUT2D eigenvalue weighted by atomic mass is 16.2. The molecule has 0 radical (unpaired) electrons. The minimum Gasteiger partial charge on any atom is -0.368 e. The molecule has 8 N–H and O–H groups in total. The molecule has 0 heterocycles. The second-order valence-electron chi connectivity index (χ2n) is 13.1. The predicted octanol–water partition coefficient (Wildman–Crippen LogP) is 2.17. The van der Waals surface area contributed by atoms with Crippen LogP contribution in [-0.2, 0) is 43.2 Å². The molecule has 5 amide bonds. The van der Waals surface area contributed by atoms with Gasteiger partial charge in [-0.05, 0) is 41.4 Å². The molecule has 0 saturated heterocycles. The van der Waals surface area contributed by atoms with Crippen molar-refractivity contribution < 1.29 is 24.0 Å². The number of nitrogens with two attached hydrogens (primary N) is 2. The summed E-state index contributed by atoms with van der Waals surface area (Å²) in [6.07, 6.45) is 0.819. The maximum Gasteiger partial charge on any atom is 0.243 e. The fraction of sp³-hybridized carbons (Fsp3) is 0.395. The van der Waals surface area contributed by atoms with Crippen LogP contribution in [0.3, 0.4) is 0 Å². The number of amides is 5. The van der Waals surface area contributed by atoms with Gasteiger partial charge in [-0.25, -0.2) is 0 Å². The Bertz CT molecular complexity index is 1520. The molecule has 0 fully saturated rings. The van der Waals surface area contributed by atoms with Crippen molar-refractivity contribution in [3.63, 3.8) is 0 Å². The van der Waals surface area contributed by atoms with Crippen LogP contribution < -0.4 is 32.7 Å². The van der Waals surface area contributed by atoms with Crippen molar-refractivity contribution in [2.45, 2.75) is 83.6 Å². The molecule has 0 aliphatic rings. The van der Waals surface area contributed by atoms with Crippen LogP contribution in [0.5, 0.6) is 0 Å². The average molecular weight is 671 g/mol. The van der Waals surface area contributed by atoms with Crippen molar-refractivity contribution in [2.24, 2.45) is 23.3 Å². The Hall–Kier alpha value is -5.03. The molecule has 0 bridgehead atoms. The average Bonchev–Trinajstić information content (AvgIpc) is 3.06. The lowest BCUT2D eigenvalue weighted by molar-refractivity contribution is -0.134. The van der Waals surface area contributed by atoms with E-state index in [0.717, 1.165) is 16.7 Å². The van der Waals surface area contributed by atoms with Crippen LogP contribution in [0.2, 0.25) is 0 Å². The Balaban J connectivity index is 1.86. The maximum absolute atomic E-state index is 14.0. The third-order valence-corrected chi connectivity index (χ3v) is 8.08. The van der Waals surface area contributed by atoms with Gasteiger partial charge in [-0.15, -0.1) is 0 Å². The molecule has 0 aromatic heterocycles. The van der Waals surface area contributed by atoms with E-state index in [1.165, 1.54) is 0 Å². The highest BCUT2D eigenvalue weighted by molar-refractivity contribution is 5.96. The quantitative estimate of drug-likeness (QED) is 0.120. The number of nitrogens with one attached hydrogen (secondary N) is 4. The summed E-state index contributed by atoms with van der Waals surface area (Å²) in [6.45, 7) is 7.33. The number of hydrogen-bond donors (Lipinski definition) is 6. The molecule has 0 aliphatic carbocycles. The molecule has 0 aliphatic heterocycles. The van der Waals surface area contributed by atoms with Crippen molar-refractivity contribution >= 4 is 29.5 Å². The van der Waals surface area contributed by atoms with Gasteiger partial charge >= 0.3 is 0 Å². The predicted molar refractivity (Wildman–Crippen MR) is 190 cm³/mol. The van der Waals surface area contributed by atoms with Crippen LogP contribution in [0.15, 0.2) is 91.0 Å². The number of carbonyl (C=O) groups excluding carboxylic acids is 5. The molecule has 49 heavy (non-hydrogen) atoms. The van der Waals surface area contributed by atoms with Gasteiger partial charge in [-0.2, -0.15) is 0 Å². The highest BCUT2D eigenvalue weighted by Gasteiger charge is 2.32. The molecular weight excluding hydrogens is 620 g/mol. The first-order valence-corrected chi connectivity index (χ1v) is 16.7. The Morgan fingerprint density at radius 2 is 0.898 bits per heavy atom. The third kappa shape index (κ3) is 12.8. The normalized spacial score (nSPS) is 14.2. The van der Waals surface area contributed by atoms with Crippen molar-refractivity contribution in [2.75, 3.05) is 0 Å². The topological polar surface area (TPSA) is 186 Å². The van der Waals surface area contributed by atoms with Crippen molar-refractivity contribution in [3.05, 3.63) is 108 Å². The van der Waals surface area contributed by atoms with E-state index >= 15 is 0 Å². The summed E-state index contributed by atoms with van der Waals surface area (Å²) >= 11 is 0. The summed E-state index contributed by atoms with van der Waals surface area (Å²) in [6, 6.07) is 22.7. The molecule has 3 aromatic carbocycles. The van der Waals surface area contributed by atoms with Crippen LogP contribution in [0.1, 0.15) is 50.8 Å². The Morgan fingerprint density at radius 1 is 0.531 bits per heavy atom. The van der Waals surface area contributed by atoms with Crippen LogP contribution in [0.4, 0.5) is 0 Å². The van der Waals surface area contributed by atoms with E-state index in [1.54, 1.807) is 13.8 Å². The summed E-state index contributed by atoms with van der Waals surface area (Å²) in [5.74, 6) is -3.17. The second kappa shape index (κ2) is 19.1. The number of rotatable bonds is 18. The van der Waals surface area contributed by atoms with Crippen molar-refractivity contribution in [1.82, 2.24) is 21.3 Å². The molecule has 262 valence electrons. The van der Waals surface area contributed by atoms with Crippen LogP contribution in [-0.4, -0.2) is 59.7 Å². The van der Waals surface area contributed by atoms with Gasteiger partial charge in [0.2, 0.25) is 29.5 Å². The number of primary amides is 1. The van der Waals surface area contributed by atoms with Crippen LogP contribution in [0, 0.1) is 11.8 Å². The van der Waals surface area contributed by atoms with Crippen molar-refractivity contribution in [1.29, 1.82) is 0 Å². The summed E-state index contributed by atoms with van der Waals surface area (Å²) in [7, 11) is 0. The first-order chi connectivity index (χ1) is 23.3.